The van der Waals surface area contributed by atoms with Crippen molar-refractivity contribution >= 4 is 0 Å². The van der Waals surface area contributed by atoms with Gasteiger partial charge in [0.2, 0.25) is 0 Å². The number of rotatable bonds is 6. The Labute approximate surface area is 137 Å². The van der Waals surface area contributed by atoms with Gasteiger partial charge < -0.3 is 9.30 Å². The zero-order valence-corrected chi connectivity index (χ0v) is 13.9. The molecular weight excluding hydrogens is 288 g/mol. The van der Waals surface area contributed by atoms with Gasteiger partial charge in [0, 0.05) is 12.1 Å². The fourth-order valence-electron chi connectivity index (χ4n) is 2.37. The minimum Gasteiger partial charge on any atom is -0.493 e. The number of hydrogen-bond donors (Lipinski definition) is 0. The molecule has 0 bridgehead atoms. The SMILES string of the molecule is CCCn1c(-c2cccc(OCC(C)C)c2)ccc(C#N)c1=O. The Morgan fingerprint density at radius 1 is 1.26 bits per heavy atom. The summed E-state index contributed by atoms with van der Waals surface area (Å²) < 4.78 is 7.43. The maximum absolute atomic E-state index is 12.4. The molecule has 4 nitrogen and oxygen atoms in total. The number of aromatic nitrogens is 1. The summed E-state index contributed by atoms with van der Waals surface area (Å²) in [5, 5.41) is 9.06. The van der Waals surface area contributed by atoms with Crippen LogP contribution in [0.15, 0.2) is 41.2 Å². The Hall–Kier alpha value is -2.54. The summed E-state index contributed by atoms with van der Waals surface area (Å²) in [6.45, 7) is 7.45. The van der Waals surface area contributed by atoms with Gasteiger partial charge in [-0.15, -0.1) is 0 Å². The van der Waals surface area contributed by atoms with E-state index in [-0.39, 0.29) is 11.1 Å². The van der Waals surface area contributed by atoms with Crippen molar-refractivity contribution in [3.63, 3.8) is 0 Å². The number of pyridine rings is 1. The van der Waals surface area contributed by atoms with Crippen LogP contribution >= 0.6 is 0 Å². The van der Waals surface area contributed by atoms with Gasteiger partial charge in [-0.3, -0.25) is 4.79 Å². The maximum atomic E-state index is 12.4. The number of nitrogens with zero attached hydrogens (tertiary/aromatic N) is 2. The first-order valence-corrected chi connectivity index (χ1v) is 7.94. The van der Waals surface area contributed by atoms with E-state index in [1.165, 1.54) is 0 Å². The molecule has 120 valence electrons. The summed E-state index contributed by atoms with van der Waals surface area (Å²) in [4.78, 5) is 12.4. The highest BCUT2D eigenvalue weighted by Crippen LogP contribution is 2.24. The van der Waals surface area contributed by atoms with E-state index in [0.717, 1.165) is 23.4 Å². The predicted octanol–water partition coefficient (Wildman–Crippen LogP) is 3.83. The Kier molecular flexibility index (Phi) is 5.59. The van der Waals surface area contributed by atoms with Gasteiger partial charge in [0.15, 0.2) is 0 Å². The van der Waals surface area contributed by atoms with Gasteiger partial charge in [-0.25, -0.2) is 0 Å². The molecule has 0 atom stereocenters. The molecule has 0 aliphatic heterocycles. The quantitative estimate of drug-likeness (QED) is 0.814. The maximum Gasteiger partial charge on any atom is 0.268 e. The molecule has 1 heterocycles. The van der Waals surface area contributed by atoms with Crippen molar-refractivity contribution in [2.45, 2.75) is 33.7 Å². The Morgan fingerprint density at radius 2 is 2.04 bits per heavy atom. The van der Waals surface area contributed by atoms with E-state index in [2.05, 4.69) is 13.8 Å². The summed E-state index contributed by atoms with van der Waals surface area (Å²) in [5.41, 5.74) is 1.67. The smallest absolute Gasteiger partial charge is 0.268 e. The summed E-state index contributed by atoms with van der Waals surface area (Å²) >= 11 is 0. The normalized spacial score (nSPS) is 10.6. The van der Waals surface area contributed by atoms with Crippen LogP contribution < -0.4 is 10.3 Å². The Morgan fingerprint density at radius 3 is 2.70 bits per heavy atom. The third kappa shape index (κ3) is 4.01. The lowest BCUT2D eigenvalue weighted by molar-refractivity contribution is 0.271. The second-order valence-electron chi connectivity index (χ2n) is 5.93. The fourth-order valence-corrected chi connectivity index (χ4v) is 2.37. The fraction of sp³-hybridized carbons (Fsp3) is 0.368. The molecule has 0 N–H and O–H groups in total. The van der Waals surface area contributed by atoms with E-state index in [1.807, 2.05) is 43.3 Å². The molecule has 0 saturated heterocycles. The zero-order valence-electron chi connectivity index (χ0n) is 13.9. The molecule has 2 aromatic rings. The summed E-state index contributed by atoms with van der Waals surface area (Å²) in [5.74, 6) is 1.24. The van der Waals surface area contributed by atoms with E-state index >= 15 is 0 Å². The largest absolute Gasteiger partial charge is 0.493 e. The van der Waals surface area contributed by atoms with E-state index < -0.39 is 0 Å². The number of benzene rings is 1. The van der Waals surface area contributed by atoms with Crippen molar-refractivity contribution in [1.82, 2.24) is 4.57 Å². The second-order valence-corrected chi connectivity index (χ2v) is 5.93. The summed E-state index contributed by atoms with van der Waals surface area (Å²) in [6, 6.07) is 13.1. The molecule has 0 radical (unpaired) electrons. The van der Waals surface area contributed by atoms with Crippen LogP contribution in [0.1, 0.15) is 32.8 Å². The molecule has 0 spiro atoms. The first-order chi connectivity index (χ1) is 11.1. The first-order valence-electron chi connectivity index (χ1n) is 7.94. The van der Waals surface area contributed by atoms with Crippen LogP contribution in [0, 0.1) is 17.2 Å². The summed E-state index contributed by atoms with van der Waals surface area (Å²) in [6.07, 6.45) is 0.825. The Bertz CT molecular complexity index is 770. The molecule has 0 unspecified atom stereocenters. The van der Waals surface area contributed by atoms with Crippen LogP contribution in [0.2, 0.25) is 0 Å². The highest BCUT2D eigenvalue weighted by molar-refractivity contribution is 5.62. The van der Waals surface area contributed by atoms with Crippen LogP contribution in [-0.2, 0) is 6.54 Å². The molecule has 1 aromatic heterocycles. The lowest BCUT2D eigenvalue weighted by Crippen LogP contribution is -2.23. The number of nitriles is 1. The van der Waals surface area contributed by atoms with Crippen molar-refractivity contribution in [2.75, 3.05) is 6.61 Å². The van der Waals surface area contributed by atoms with Gasteiger partial charge in [-0.05, 0) is 36.6 Å². The number of hydrogen-bond acceptors (Lipinski definition) is 3. The minimum atomic E-state index is -0.236. The van der Waals surface area contributed by atoms with Crippen molar-refractivity contribution in [2.24, 2.45) is 5.92 Å². The predicted molar refractivity (Wildman–Crippen MR) is 91.5 cm³/mol. The highest BCUT2D eigenvalue weighted by Gasteiger charge is 2.10. The molecule has 0 saturated carbocycles. The molecule has 2 rings (SSSR count). The average molecular weight is 310 g/mol. The van der Waals surface area contributed by atoms with Gasteiger partial charge >= 0.3 is 0 Å². The first kappa shape index (κ1) is 16.8. The van der Waals surface area contributed by atoms with Gasteiger partial charge in [-0.1, -0.05) is 32.9 Å². The van der Waals surface area contributed by atoms with E-state index in [4.69, 9.17) is 10.00 Å². The Balaban J connectivity index is 2.46. The molecule has 0 fully saturated rings. The highest BCUT2D eigenvalue weighted by atomic mass is 16.5. The van der Waals surface area contributed by atoms with Gasteiger partial charge in [0.1, 0.15) is 17.4 Å². The average Bonchev–Trinajstić information content (AvgIpc) is 2.55. The third-order valence-electron chi connectivity index (χ3n) is 3.46. The van der Waals surface area contributed by atoms with Crippen LogP contribution in [0.5, 0.6) is 5.75 Å². The minimum absolute atomic E-state index is 0.175. The van der Waals surface area contributed by atoms with Crippen molar-refractivity contribution in [3.8, 4) is 23.1 Å². The molecule has 23 heavy (non-hydrogen) atoms. The zero-order chi connectivity index (χ0) is 16.8. The lowest BCUT2D eigenvalue weighted by Gasteiger charge is -2.14. The monoisotopic (exact) mass is 310 g/mol. The van der Waals surface area contributed by atoms with Crippen LogP contribution in [0.3, 0.4) is 0 Å². The topological polar surface area (TPSA) is 55.0 Å². The van der Waals surface area contributed by atoms with Crippen molar-refractivity contribution in [1.29, 1.82) is 5.26 Å². The van der Waals surface area contributed by atoms with Crippen molar-refractivity contribution < 1.29 is 4.74 Å². The third-order valence-corrected chi connectivity index (χ3v) is 3.46. The van der Waals surface area contributed by atoms with E-state index in [0.29, 0.717) is 19.1 Å². The molecule has 1 aromatic carbocycles. The van der Waals surface area contributed by atoms with Gasteiger partial charge in [-0.2, -0.15) is 5.26 Å². The molecule has 0 amide bonds. The van der Waals surface area contributed by atoms with E-state index in [1.54, 1.807) is 10.6 Å². The van der Waals surface area contributed by atoms with Crippen LogP contribution in [0.4, 0.5) is 0 Å². The molecule has 4 heteroatoms. The number of ether oxygens (including phenoxy) is 1. The molecular formula is C19H22N2O2. The molecule has 0 aliphatic rings. The second kappa shape index (κ2) is 7.64. The van der Waals surface area contributed by atoms with Crippen LogP contribution in [0.25, 0.3) is 11.3 Å². The van der Waals surface area contributed by atoms with Gasteiger partial charge in [0.25, 0.3) is 5.56 Å². The van der Waals surface area contributed by atoms with Crippen LogP contribution in [-0.4, -0.2) is 11.2 Å². The summed E-state index contributed by atoms with van der Waals surface area (Å²) in [7, 11) is 0. The van der Waals surface area contributed by atoms with E-state index in [9.17, 15) is 4.79 Å². The van der Waals surface area contributed by atoms with Crippen molar-refractivity contribution in [3.05, 3.63) is 52.3 Å². The van der Waals surface area contributed by atoms with Gasteiger partial charge in [0.05, 0.1) is 12.3 Å². The molecule has 0 aliphatic carbocycles. The lowest BCUT2D eigenvalue weighted by atomic mass is 10.1. The standard InChI is InChI=1S/C19H22N2O2/c1-4-10-21-18(9-8-16(12-20)19(21)22)15-6-5-7-17(11-15)23-13-14(2)3/h5-9,11,14H,4,10,13H2,1-3H3.